The molecule has 4 heterocycles. The predicted octanol–water partition coefficient (Wildman–Crippen LogP) is 15.0. The van der Waals surface area contributed by atoms with Crippen LogP contribution < -0.4 is 0 Å². The van der Waals surface area contributed by atoms with E-state index in [4.69, 9.17) is 15.0 Å². The Morgan fingerprint density at radius 2 is 0.938 bits per heavy atom. The first-order valence-electron chi connectivity index (χ1n) is 22.4. The van der Waals surface area contributed by atoms with Gasteiger partial charge >= 0.3 is 0 Å². The molecule has 1 aliphatic carbocycles. The molecule has 2 aliphatic rings. The van der Waals surface area contributed by atoms with Gasteiger partial charge in [0.05, 0.1) is 27.8 Å². The highest BCUT2D eigenvalue weighted by atomic mass is 15.0. The highest BCUT2D eigenvalue weighted by Gasteiger charge is 2.43. The normalized spacial score (nSPS) is 13.2. The van der Waals surface area contributed by atoms with E-state index in [1.54, 1.807) is 0 Å². The minimum atomic E-state index is -0.361. The molecule has 0 unspecified atom stereocenters. The van der Waals surface area contributed by atoms with Gasteiger partial charge in [0.1, 0.15) is 0 Å². The second kappa shape index (κ2) is 13.3. The van der Waals surface area contributed by atoms with Crippen molar-refractivity contribution in [2.24, 2.45) is 0 Å². The molecule has 0 saturated heterocycles. The van der Waals surface area contributed by atoms with Gasteiger partial charge in [-0.05, 0) is 81.9 Å². The van der Waals surface area contributed by atoms with Crippen molar-refractivity contribution < 1.29 is 0 Å². The lowest BCUT2D eigenvalue weighted by Crippen LogP contribution is -2.17. The Morgan fingerprint density at radius 3 is 1.72 bits per heavy atom. The summed E-state index contributed by atoms with van der Waals surface area (Å²) in [6, 6.07) is 72.0. The van der Waals surface area contributed by atoms with Crippen molar-refractivity contribution in [1.82, 2.24) is 24.1 Å². The van der Waals surface area contributed by atoms with Crippen LogP contribution in [0.25, 0.3) is 123 Å². The fourth-order valence-electron chi connectivity index (χ4n) is 11.2. The standard InChI is InChI=1S/C60H39N5/c1-60(2)48-33-32-45-42-20-10-14-24-51(42)65-50-23-13-9-19-41(50)44-30-31-46(55(60)53(44)54(48)56(45)65)59-62-57(38-27-25-37(26-28-38)36-15-5-3-6-16-36)61-58(63-59)39-29-34-52-47(35-39)43-21-11-12-22-49(43)64(52)40-17-7-4-8-18-40/h3-35H,1-2H3. The maximum absolute atomic E-state index is 5.50. The number of hydrogen-bond donors (Lipinski definition) is 0. The molecule has 0 bridgehead atoms. The van der Waals surface area contributed by atoms with E-state index in [2.05, 4.69) is 223 Å². The van der Waals surface area contributed by atoms with Gasteiger partial charge < -0.3 is 9.13 Å². The minimum absolute atomic E-state index is 0.361. The molecule has 0 saturated carbocycles. The zero-order valence-electron chi connectivity index (χ0n) is 35.8. The average molecular weight is 830 g/mol. The number of para-hydroxylation sites is 4. The highest BCUT2D eigenvalue weighted by Crippen LogP contribution is 2.60. The van der Waals surface area contributed by atoms with Crippen LogP contribution in [0.1, 0.15) is 25.0 Å². The molecular weight excluding hydrogens is 791 g/mol. The van der Waals surface area contributed by atoms with Gasteiger partial charge in [-0.3, -0.25) is 0 Å². The Bertz CT molecular complexity index is 3950. The van der Waals surface area contributed by atoms with Crippen molar-refractivity contribution in [1.29, 1.82) is 0 Å². The quantitative estimate of drug-likeness (QED) is 0.174. The number of nitrogens with zero attached hydrogens (tertiary/aromatic N) is 5. The van der Waals surface area contributed by atoms with Crippen molar-refractivity contribution in [3.8, 4) is 78.9 Å². The summed E-state index contributed by atoms with van der Waals surface area (Å²) < 4.78 is 4.85. The molecule has 0 radical (unpaired) electrons. The summed E-state index contributed by atoms with van der Waals surface area (Å²) in [5.74, 6) is 1.94. The van der Waals surface area contributed by atoms with Crippen molar-refractivity contribution in [2.45, 2.75) is 19.3 Å². The van der Waals surface area contributed by atoms with Crippen LogP contribution in [0.4, 0.5) is 0 Å². The van der Waals surface area contributed by atoms with Crippen molar-refractivity contribution in [3.05, 3.63) is 211 Å². The van der Waals surface area contributed by atoms with Gasteiger partial charge in [-0.2, -0.15) is 0 Å². The Kier molecular flexibility index (Phi) is 7.39. The number of rotatable bonds is 5. The molecule has 304 valence electrons. The average Bonchev–Trinajstić information content (AvgIpc) is 3.93. The van der Waals surface area contributed by atoms with Gasteiger partial charge in [0.2, 0.25) is 0 Å². The van der Waals surface area contributed by atoms with Crippen LogP contribution in [0.2, 0.25) is 0 Å². The Morgan fingerprint density at radius 1 is 0.369 bits per heavy atom. The van der Waals surface area contributed by atoms with Crippen LogP contribution in [-0.2, 0) is 5.41 Å². The first-order chi connectivity index (χ1) is 32.0. The van der Waals surface area contributed by atoms with E-state index in [0.29, 0.717) is 17.5 Å². The number of benzene rings is 9. The Hall–Kier alpha value is -8.41. The molecule has 0 atom stereocenters. The van der Waals surface area contributed by atoms with E-state index in [1.165, 1.54) is 71.8 Å². The molecule has 3 aromatic heterocycles. The minimum Gasteiger partial charge on any atom is -0.309 e. The van der Waals surface area contributed by atoms with Crippen LogP contribution in [0.15, 0.2) is 200 Å². The zero-order valence-corrected chi connectivity index (χ0v) is 35.8. The maximum Gasteiger partial charge on any atom is 0.164 e. The molecule has 1 aliphatic heterocycles. The second-order valence-electron chi connectivity index (χ2n) is 18.0. The SMILES string of the molecule is CC1(C)c2ccc3c4ccccc4n4c3c2-c2c(ccc(-c3nc(-c5ccc(-c6ccccc6)cc5)nc(-c5ccc6c(c5)c5ccccc5n6-c5ccccc5)n3)c21)-c1ccccc1-4. The van der Waals surface area contributed by atoms with E-state index >= 15 is 0 Å². The van der Waals surface area contributed by atoms with E-state index in [0.717, 1.165) is 44.4 Å². The van der Waals surface area contributed by atoms with Crippen LogP contribution in [0.5, 0.6) is 0 Å². The molecule has 0 fully saturated rings. The lowest BCUT2D eigenvalue weighted by atomic mass is 9.79. The second-order valence-corrected chi connectivity index (χ2v) is 18.0. The fourth-order valence-corrected chi connectivity index (χ4v) is 11.2. The summed E-state index contributed by atoms with van der Waals surface area (Å²) in [5, 5.41) is 4.86. The van der Waals surface area contributed by atoms with Gasteiger partial charge in [0.25, 0.3) is 0 Å². The molecular formula is C60H39N5. The smallest absolute Gasteiger partial charge is 0.164 e. The monoisotopic (exact) mass is 829 g/mol. The molecule has 5 heteroatoms. The molecule has 12 aromatic rings. The van der Waals surface area contributed by atoms with Gasteiger partial charge in [-0.1, -0.05) is 166 Å². The topological polar surface area (TPSA) is 48.5 Å². The van der Waals surface area contributed by atoms with Gasteiger partial charge in [-0.25, -0.2) is 15.0 Å². The fraction of sp³-hybridized carbons (Fsp3) is 0.0500. The summed E-state index contributed by atoms with van der Waals surface area (Å²) in [5.41, 5.74) is 19.5. The van der Waals surface area contributed by atoms with Gasteiger partial charge in [0, 0.05) is 60.5 Å². The highest BCUT2D eigenvalue weighted by molar-refractivity contribution is 6.19. The third-order valence-electron chi connectivity index (χ3n) is 14.1. The number of fused-ring (bicyclic) bond motifs is 9. The number of aromatic nitrogens is 5. The molecule has 9 aromatic carbocycles. The maximum atomic E-state index is 5.50. The lowest BCUT2D eigenvalue weighted by molar-refractivity contribution is 0.661. The summed E-state index contributed by atoms with van der Waals surface area (Å²) in [7, 11) is 0. The summed E-state index contributed by atoms with van der Waals surface area (Å²) in [4.78, 5) is 16.3. The Balaban J connectivity index is 1.03. The zero-order chi connectivity index (χ0) is 43.0. The molecule has 0 N–H and O–H groups in total. The first-order valence-corrected chi connectivity index (χ1v) is 22.4. The first kappa shape index (κ1) is 36.1. The summed E-state index contributed by atoms with van der Waals surface area (Å²) in [6.07, 6.45) is 0. The third-order valence-corrected chi connectivity index (χ3v) is 14.1. The molecule has 0 spiro atoms. The largest absolute Gasteiger partial charge is 0.309 e. The van der Waals surface area contributed by atoms with Crippen LogP contribution in [0, 0.1) is 0 Å². The van der Waals surface area contributed by atoms with E-state index in [-0.39, 0.29) is 5.41 Å². The van der Waals surface area contributed by atoms with Crippen molar-refractivity contribution >= 4 is 43.6 Å². The van der Waals surface area contributed by atoms with Crippen molar-refractivity contribution in [3.63, 3.8) is 0 Å². The number of hydrogen-bond acceptors (Lipinski definition) is 3. The Labute approximate surface area is 375 Å². The van der Waals surface area contributed by atoms with Gasteiger partial charge in [-0.15, -0.1) is 0 Å². The lowest BCUT2D eigenvalue weighted by Gasteiger charge is -2.25. The molecule has 14 rings (SSSR count). The van der Waals surface area contributed by atoms with Crippen LogP contribution >= 0.6 is 0 Å². The summed E-state index contributed by atoms with van der Waals surface area (Å²) >= 11 is 0. The third kappa shape index (κ3) is 5.06. The van der Waals surface area contributed by atoms with E-state index in [9.17, 15) is 0 Å². The van der Waals surface area contributed by atoms with E-state index < -0.39 is 0 Å². The molecule has 65 heavy (non-hydrogen) atoms. The van der Waals surface area contributed by atoms with Crippen molar-refractivity contribution in [2.75, 3.05) is 0 Å². The van der Waals surface area contributed by atoms with Gasteiger partial charge in [0.15, 0.2) is 17.5 Å². The summed E-state index contributed by atoms with van der Waals surface area (Å²) in [6.45, 7) is 4.75. The van der Waals surface area contributed by atoms with Crippen LogP contribution in [-0.4, -0.2) is 24.1 Å². The van der Waals surface area contributed by atoms with Crippen LogP contribution in [0.3, 0.4) is 0 Å². The van der Waals surface area contributed by atoms with E-state index in [1.807, 2.05) is 0 Å². The molecule has 5 nitrogen and oxygen atoms in total. The molecule has 0 amide bonds. The predicted molar refractivity (Wildman–Crippen MR) is 267 cm³/mol.